The van der Waals surface area contributed by atoms with Gasteiger partial charge in [0, 0.05) is 6.20 Å². The van der Waals surface area contributed by atoms with Crippen LogP contribution >= 0.6 is 15.9 Å². The number of pyridine rings is 1. The van der Waals surface area contributed by atoms with Crippen LogP contribution in [-0.2, 0) is 6.42 Å². The molecular weight excluding hydrogens is 242 g/mol. The number of rotatable bonds is 1. The molecule has 0 aliphatic rings. The quantitative estimate of drug-likeness (QED) is 0.780. The zero-order chi connectivity index (χ0) is 10.1. The van der Waals surface area contributed by atoms with E-state index in [1.54, 1.807) is 6.20 Å². The number of imidazole rings is 1. The Morgan fingerprint density at radius 2 is 2.43 bits per heavy atom. The topological polar surface area (TPSA) is 41.1 Å². The average Bonchev–Trinajstić information content (AvgIpc) is 2.49. The van der Waals surface area contributed by atoms with Gasteiger partial charge in [-0.15, -0.1) is 0 Å². The maximum absolute atomic E-state index is 8.63. The molecule has 0 unspecified atom stereocenters. The molecule has 0 atom stereocenters. The van der Waals surface area contributed by atoms with Crippen molar-refractivity contribution in [3.8, 4) is 6.07 Å². The lowest BCUT2D eigenvalue weighted by atomic mass is 10.3. The molecule has 2 aromatic rings. The van der Waals surface area contributed by atoms with Crippen molar-refractivity contribution >= 4 is 21.6 Å². The summed E-state index contributed by atoms with van der Waals surface area (Å²) in [6.07, 6.45) is 4.11. The van der Waals surface area contributed by atoms with Gasteiger partial charge in [-0.3, -0.25) is 0 Å². The molecule has 2 heterocycles. The second-order valence-electron chi connectivity index (χ2n) is 3.14. The highest BCUT2D eigenvalue weighted by molar-refractivity contribution is 9.10. The first-order valence-electron chi connectivity index (χ1n) is 4.21. The second-order valence-corrected chi connectivity index (χ2v) is 4.00. The highest BCUT2D eigenvalue weighted by Gasteiger charge is 2.06. The maximum atomic E-state index is 8.63. The van der Waals surface area contributed by atoms with E-state index >= 15 is 0 Å². The molecule has 14 heavy (non-hydrogen) atoms. The number of nitriles is 1. The molecular formula is C10H8BrN3. The van der Waals surface area contributed by atoms with E-state index in [-0.39, 0.29) is 0 Å². The van der Waals surface area contributed by atoms with E-state index in [0.717, 1.165) is 21.4 Å². The Labute approximate surface area is 90.1 Å². The van der Waals surface area contributed by atoms with Crippen LogP contribution in [-0.4, -0.2) is 9.38 Å². The number of fused-ring (bicyclic) bond motifs is 1. The van der Waals surface area contributed by atoms with Crippen molar-refractivity contribution in [3.63, 3.8) is 0 Å². The fourth-order valence-electron chi connectivity index (χ4n) is 1.43. The zero-order valence-corrected chi connectivity index (χ0v) is 9.24. The first kappa shape index (κ1) is 9.22. The van der Waals surface area contributed by atoms with Crippen molar-refractivity contribution in [1.29, 1.82) is 5.26 Å². The molecule has 2 aromatic heterocycles. The van der Waals surface area contributed by atoms with Gasteiger partial charge >= 0.3 is 0 Å². The van der Waals surface area contributed by atoms with Crippen molar-refractivity contribution in [2.45, 2.75) is 13.3 Å². The molecule has 0 N–H and O–H groups in total. The summed E-state index contributed by atoms with van der Waals surface area (Å²) in [5, 5.41) is 8.63. The number of nitrogens with zero attached hydrogens (tertiary/aromatic N) is 3. The van der Waals surface area contributed by atoms with Crippen LogP contribution in [0.15, 0.2) is 22.9 Å². The Hall–Kier alpha value is -1.34. The monoisotopic (exact) mass is 249 g/mol. The van der Waals surface area contributed by atoms with Gasteiger partial charge in [0.15, 0.2) is 5.65 Å². The van der Waals surface area contributed by atoms with Crippen LogP contribution in [0.3, 0.4) is 0 Å². The highest BCUT2D eigenvalue weighted by Crippen LogP contribution is 2.19. The molecule has 0 aliphatic heterocycles. The van der Waals surface area contributed by atoms with E-state index in [1.807, 2.05) is 23.6 Å². The normalized spacial score (nSPS) is 10.4. The molecule has 0 aliphatic carbocycles. The molecule has 3 nitrogen and oxygen atoms in total. The van der Waals surface area contributed by atoms with E-state index in [2.05, 4.69) is 27.0 Å². The highest BCUT2D eigenvalue weighted by atomic mass is 79.9. The molecule has 0 bridgehead atoms. The zero-order valence-electron chi connectivity index (χ0n) is 7.66. The molecule has 70 valence electrons. The van der Waals surface area contributed by atoms with Gasteiger partial charge in [-0.2, -0.15) is 5.26 Å². The summed E-state index contributed by atoms with van der Waals surface area (Å²) < 4.78 is 2.91. The van der Waals surface area contributed by atoms with Gasteiger partial charge < -0.3 is 4.40 Å². The minimum atomic E-state index is 0.386. The third-order valence-corrected chi connectivity index (χ3v) is 2.62. The fraction of sp³-hybridized carbons (Fsp3) is 0.200. The molecule has 0 saturated carbocycles. The predicted molar refractivity (Wildman–Crippen MR) is 56.9 cm³/mol. The number of aryl methyl sites for hydroxylation is 1. The standard InChI is InChI=1S/C10H8BrN3/c1-7-4-9(11)10-13-5-8(2-3-12)14(10)6-7/h4-6H,2H2,1H3. The SMILES string of the molecule is Cc1cc(Br)c2ncc(CC#N)n2c1. The maximum Gasteiger partial charge on any atom is 0.151 e. The first-order valence-corrected chi connectivity index (χ1v) is 5.00. The molecule has 0 radical (unpaired) electrons. The Balaban J connectivity index is 2.73. The summed E-state index contributed by atoms with van der Waals surface area (Å²) in [4.78, 5) is 4.24. The molecule has 2 rings (SSSR count). The van der Waals surface area contributed by atoms with E-state index < -0.39 is 0 Å². The van der Waals surface area contributed by atoms with Crippen LogP contribution in [0.2, 0.25) is 0 Å². The van der Waals surface area contributed by atoms with Gasteiger partial charge in [-0.1, -0.05) is 0 Å². The van der Waals surface area contributed by atoms with Gasteiger partial charge in [-0.05, 0) is 34.5 Å². The third-order valence-electron chi connectivity index (χ3n) is 2.03. The van der Waals surface area contributed by atoms with Crippen molar-refractivity contribution in [3.05, 3.63) is 34.2 Å². The van der Waals surface area contributed by atoms with Crippen molar-refractivity contribution in [2.75, 3.05) is 0 Å². The van der Waals surface area contributed by atoms with E-state index in [0.29, 0.717) is 6.42 Å². The third kappa shape index (κ3) is 1.40. The summed E-state index contributed by atoms with van der Waals surface area (Å²) in [7, 11) is 0. The Morgan fingerprint density at radius 3 is 3.14 bits per heavy atom. The van der Waals surface area contributed by atoms with Crippen molar-refractivity contribution in [1.82, 2.24) is 9.38 Å². The van der Waals surface area contributed by atoms with Crippen LogP contribution in [0.5, 0.6) is 0 Å². The summed E-state index contributed by atoms with van der Waals surface area (Å²) >= 11 is 3.45. The lowest BCUT2D eigenvalue weighted by Gasteiger charge is -2.01. The summed E-state index contributed by atoms with van der Waals surface area (Å²) in [6.45, 7) is 2.01. The number of hydrogen-bond donors (Lipinski definition) is 0. The van der Waals surface area contributed by atoms with Crippen molar-refractivity contribution in [2.24, 2.45) is 0 Å². The largest absolute Gasteiger partial charge is 0.302 e. The lowest BCUT2D eigenvalue weighted by Crippen LogP contribution is -1.93. The van der Waals surface area contributed by atoms with Gasteiger partial charge in [0.25, 0.3) is 0 Å². The van der Waals surface area contributed by atoms with E-state index in [1.165, 1.54) is 0 Å². The molecule has 0 spiro atoms. The molecule has 0 aromatic carbocycles. The smallest absolute Gasteiger partial charge is 0.151 e. The van der Waals surface area contributed by atoms with Crippen LogP contribution in [0.25, 0.3) is 5.65 Å². The average molecular weight is 250 g/mol. The Morgan fingerprint density at radius 1 is 1.64 bits per heavy atom. The van der Waals surface area contributed by atoms with Crippen LogP contribution in [0.4, 0.5) is 0 Å². The van der Waals surface area contributed by atoms with Gasteiger partial charge in [0.1, 0.15) is 0 Å². The first-order chi connectivity index (χ1) is 6.72. The Kier molecular flexibility index (Phi) is 2.26. The lowest BCUT2D eigenvalue weighted by molar-refractivity contribution is 1.04. The van der Waals surface area contributed by atoms with Gasteiger partial charge in [0.05, 0.1) is 28.9 Å². The van der Waals surface area contributed by atoms with E-state index in [9.17, 15) is 0 Å². The summed E-state index contributed by atoms with van der Waals surface area (Å²) in [5.41, 5.74) is 2.93. The van der Waals surface area contributed by atoms with Crippen LogP contribution in [0.1, 0.15) is 11.3 Å². The second kappa shape index (κ2) is 3.43. The summed E-state index contributed by atoms with van der Waals surface area (Å²) in [6, 6.07) is 4.14. The molecule has 4 heteroatoms. The van der Waals surface area contributed by atoms with Crippen molar-refractivity contribution < 1.29 is 0 Å². The fourth-order valence-corrected chi connectivity index (χ4v) is 2.09. The number of hydrogen-bond acceptors (Lipinski definition) is 2. The Bertz CT molecular complexity index is 522. The van der Waals surface area contributed by atoms with Gasteiger partial charge in [-0.25, -0.2) is 4.98 Å². The van der Waals surface area contributed by atoms with Crippen LogP contribution in [0, 0.1) is 18.3 Å². The van der Waals surface area contributed by atoms with Gasteiger partial charge in [0.2, 0.25) is 0 Å². The molecule has 0 fully saturated rings. The molecule has 0 amide bonds. The van der Waals surface area contributed by atoms with Crippen LogP contribution < -0.4 is 0 Å². The minimum absolute atomic E-state index is 0.386. The van der Waals surface area contributed by atoms with E-state index in [4.69, 9.17) is 5.26 Å². The number of aromatic nitrogens is 2. The summed E-state index contributed by atoms with van der Waals surface area (Å²) in [5.74, 6) is 0. The minimum Gasteiger partial charge on any atom is -0.302 e. The molecule has 0 saturated heterocycles. The predicted octanol–water partition coefficient (Wildman–Crippen LogP) is 2.47. The number of halogens is 1.